The lowest BCUT2D eigenvalue weighted by Crippen LogP contribution is -2.32. The number of aromatic nitrogens is 1. The first-order chi connectivity index (χ1) is 13.5. The van der Waals surface area contributed by atoms with E-state index in [0.717, 1.165) is 15.8 Å². The van der Waals surface area contributed by atoms with Crippen molar-refractivity contribution in [3.8, 4) is 0 Å². The highest BCUT2D eigenvalue weighted by Crippen LogP contribution is 2.40. The minimum absolute atomic E-state index is 0.321. The normalized spacial score (nSPS) is 19.4. The molecule has 0 bridgehead atoms. The average Bonchev–Trinajstić information content (AvgIpc) is 3.18. The SMILES string of the molecule is CCC1(c2cc(NC(=O)c3nccc4ccsc34)ccc2F)CCSC(N)=N1. The highest BCUT2D eigenvalue weighted by Gasteiger charge is 2.35. The summed E-state index contributed by atoms with van der Waals surface area (Å²) >= 11 is 2.95. The van der Waals surface area contributed by atoms with Crippen molar-refractivity contribution in [2.24, 2.45) is 10.7 Å². The van der Waals surface area contributed by atoms with E-state index in [4.69, 9.17) is 5.73 Å². The molecule has 1 aliphatic heterocycles. The molecule has 1 atom stereocenters. The first-order valence-corrected chi connectivity index (χ1v) is 10.8. The monoisotopic (exact) mass is 414 g/mol. The molecule has 0 radical (unpaired) electrons. The fourth-order valence-electron chi connectivity index (χ4n) is 3.47. The van der Waals surface area contributed by atoms with Crippen molar-refractivity contribution in [1.82, 2.24) is 4.98 Å². The van der Waals surface area contributed by atoms with Crippen molar-refractivity contribution in [3.63, 3.8) is 0 Å². The Balaban J connectivity index is 1.68. The molecule has 8 heteroatoms. The summed E-state index contributed by atoms with van der Waals surface area (Å²) in [6.45, 7) is 1.97. The number of carbonyl (C=O) groups is 1. The van der Waals surface area contributed by atoms with Gasteiger partial charge < -0.3 is 11.1 Å². The second-order valence-electron chi connectivity index (χ2n) is 6.58. The summed E-state index contributed by atoms with van der Waals surface area (Å²) in [5.41, 5.74) is 6.55. The van der Waals surface area contributed by atoms with Crippen LogP contribution in [0.3, 0.4) is 0 Å². The third-order valence-electron chi connectivity index (χ3n) is 4.98. The number of thiophene rings is 1. The van der Waals surface area contributed by atoms with E-state index in [-0.39, 0.29) is 11.7 Å². The minimum Gasteiger partial charge on any atom is -0.379 e. The van der Waals surface area contributed by atoms with Gasteiger partial charge in [0.1, 0.15) is 11.5 Å². The molecule has 144 valence electrons. The van der Waals surface area contributed by atoms with Gasteiger partial charge in [-0.25, -0.2) is 9.37 Å². The predicted octanol–water partition coefficient (Wildman–Crippen LogP) is 4.74. The molecule has 1 amide bonds. The van der Waals surface area contributed by atoms with Gasteiger partial charge in [-0.05, 0) is 53.9 Å². The maximum Gasteiger partial charge on any atom is 0.275 e. The molecule has 0 spiro atoms. The van der Waals surface area contributed by atoms with E-state index in [0.29, 0.717) is 35.0 Å². The number of amidine groups is 1. The number of nitrogens with two attached hydrogens (primary N) is 1. The number of rotatable bonds is 4. The van der Waals surface area contributed by atoms with Crippen LogP contribution in [0.1, 0.15) is 35.8 Å². The molecule has 0 fully saturated rings. The minimum atomic E-state index is -0.702. The summed E-state index contributed by atoms with van der Waals surface area (Å²) in [6.07, 6.45) is 2.93. The van der Waals surface area contributed by atoms with E-state index in [2.05, 4.69) is 15.3 Å². The molecule has 1 aliphatic rings. The van der Waals surface area contributed by atoms with E-state index < -0.39 is 5.54 Å². The van der Waals surface area contributed by atoms with Gasteiger partial charge in [0.15, 0.2) is 5.17 Å². The number of aliphatic imine (C=N–C) groups is 1. The number of amides is 1. The standard InChI is InChI=1S/C20H19FN4OS2/c1-2-20(7-10-28-19(22)25-20)14-11-13(3-4-15(14)21)24-18(26)16-17-12(5-8-23-16)6-9-27-17/h3-6,8-9,11H,2,7,10H2,1H3,(H2,22,25)(H,24,26). The maximum atomic E-state index is 14.7. The Morgan fingerprint density at radius 3 is 3.00 bits per heavy atom. The lowest BCUT2D eigenvalue weighted by molar-refractivity contribution is 0.102. The average molecular weight is 415 g/mol. The van der Waals surface area contributed by atoms with Gasteiger partial charge in [-0.2, -0.15) is 0 Å². The topological polar surface area (TPSA) is 80.4 Å². The predicted molar refractivity (Wildman–Crippen MR) is 115 cm³/mol. The van der Waals surface area contributed by atoms with Crippen LogP contribution in [0.4, 0.5) is 10.1 Å². The van der Waals surface area contributed by atoms with Gasteiger partial charge >= 0.3 is 0 Å². The number of thioether (sulfide) groups is 1. The van der Waals surface area contributed by atoms with Crippen molar-refractivity contribution in [3.05, 3.63) is 59.0 Å². The van der Waals surface area contributed by atoms with Crippen LogP contribution in [0.15, 0.2) is 46.9 Å². The van der Waals surface area contributed by atoms with Crippen LogP contribution in [0.25, 0.3) is 10.1 Å². The van der Waals surface area contributed by atoms with E-state index in [9.17, 15) is 9.18 Å². The summed E-state index contributed by atoms with van der Waals surface area (Å²) in [7, 11) is 0. The number of nitrogens with one attached hydrogen (secondary N) is 1. The first-order valence-electron chi connectivity index (χ1n) is 8.94. The van der Waals surface area contributed by atoms with Gasteiger partial charge in [0.05, 0.1) is 10.2 Å². The Hall–Kier alpha value is -2.45. The van der Waals surface area contributed by atoms with Crippen LogP contribution >= 0.6 is 23.1 Å². The van der Waals surface area contributed by atoms with Crippen molar-refractivity contribution < 1.29 is 9.18 Å². The van der Waals surface area contributed by atoms with Crippen LogP contribution < -0.4 is 11.1 Å². The van der Waals surface area contributed by atoms with E-state index in [1.165, 1.54) is 29.2 Å². The lowest BCUT2D eigenvalue weighted by atomic mass is 9.84. The highest BCUT2D eigenvalue weighted by atomic mass is 32.2. The third-order valence-corrected chi connectivity index (χ3v) is 6.72. The molecule has 0 saturated carbocycles. The number of hydrogen-bond acceptors (Lipinski definition) is 6. The smallest absolute Gasteiger partial charge is 0.275 e. The summed E-state index contributed by atoms with van der Waals surface area (Å²) in [6, 6.07) is 8.41. The van der Waals surface area contributed by atoms with Crippen LogP contribution in [-0.2, 0) is 5.54 Å². The molecule has 1 unspecified atom stereocenters. The number of hydrogen-bond donors (Lipinski definition) is 2. The van der Waals surface area contributed by atoms with E-state index >= 15 is 0 Å². The summed E-state index contributed by atoms with van der Waals surface area (Å²) in [5, 5.41) is 6.22. The van der Waals surface area contributed by atoms with Crippen molar-refractivity contribution in [2.75, 3.05) is 11.1 Å². The largest absolute Gasteiger partial charge is 0.379 e. The van der Waals surface area contributed by atoms with Gasteiger partial charge in [-0.15, -0.1) is 11.3 Å². The molecule has 3 aromatic rings. The second-order valence-corrected chi connectivity index (χ2v) is 8.61. The Morgan fingerprint density at radius 1 is 1.36 bits per heavy atom. The number of anilines is 1. The highest BCUT2D eigenvalue weighted by molar-refractivity contribution is 8.13. The van der Waals surface area contributed by atoms with Gasteiger partial charge in [0.25, 0.3) is 5.91 Å². The Kier molecular flexibility index (Phi) is 5.07. The van der Waals surface area contributed by atoms with Crippen LogP contribution in [0.5, 0.6) is 0 Å². The number of halogens is 1. The van der Waals surface area contributed by atoms with Gasteiger partial charge in [-0.1, -0.05) is 18.7 Å². The molecule has 5 nitrogen and oxygen atoms in total. The third kappa shape index (κ3) is 3.38. The van der Waals surface area contributed by atoms with Crippen LogP contribution in [0.2, 0.25) is 0 Å². The molecule has 28 heavy (non-hydrogen) atoms. The Bertz CT molecular complexity index is 1080. The van der Waals surface area contributed by atoms with E-state index in [1.54, 1.807) is 18.3 Å². The molecule has 2 aromatic heterocycles. The number of benzene rings is 1. The second kappa shape index (κ2) is 7.52. The van der Waals surface area contributed by atoms with E-state index in [1.807, 2.05) is 24.4 Å². The summed E-state index contributed by atoms with van der Waals surface area (Å²) in [5.74, 6) is 0.115. The number of nitrogens with zero attached hydrogens (tertiary/aromatic N) is 2. The van der Waals surface area contributed by atoms with Crippen LogP contribution in [-0.4, -0.2) is 21.8 Å². The van der Waals surface area contributed by atoms with Gasteiger partial charge in [0.2, 0.25) is 0 Å². The number of fused-ring (bicyclic) bond motifs is 1. The summed E-state index contributed by atoms with van der Waals surface area (Å²) < 4.78 is 15.5. The molecule has 4 rings (SSSR count). The number of pyridine rings is 1. The molecular formula is C20H19FN4OS2. The number of carbonyl (C=O) groups excluding carboxylic acids is 1. The quantitative estimate of drug-likeness (QED) is 0.646. The Morgan fingerprint density at radius 2 is 2.21 bits per heavy atom. The van der Waals surface area contributed by atoms with Crippen molar-refractivity contribution >= 4 is 49.9 Å². The molecule has 3 N–H and O–H groups in total. The first kappa shape index (κ1) is 18.9. The summed E-state index contributed by atoms with van der Waals surface area (Å²) in [4.78, 5) is 21.6. The zero-order valence-electron chi connectivity index (χ0n) is 15.2. The fraction of sp³-hybridized carbons (Fsp3) is 0.250. The van der Waals surface area contributed by atoms with Crippen LogP contribution in [0, 0.1) is 5.82 Å². The maximum absolute atomic E-state index is 14.7. The molecule has 0 aliphatic carbocycles. The molecule has 3 heterocycles. The zero-order valence-corrected chi connectivity index (χ0v) is 16.9. The molecule has 0 saturated heterocycles. The van der Waals surface area contributed by atoms with Crippen molar-refractivity contribution in [2.45, 2.75) is 25.3 Å². The van der Waals surface area contributed by atoms with Gasteiger partial charge in [0, 0.05) is 23.2 Å². The fourth-order valence-corrected chi connectivity index (χ4v) is 5.24. The lowest BCUT2D eigenvalue weighted by Gasteiger charge is -2.33. The molecular weight excluding hydrogens is 395 g/mol. The van der Waals surface area contributed by atoms with Gasteiger partial charge in [-0.3, -0.25) is 9.79 Å². The Labute approximate surface area is 170 Å². The molecule has 1 aromatic carbocycles. The zero-order chi connectivity index (χ0) is 19.7. The van der Waals surface area contributed by atoms with Crippen molar-refractivity contribution in [1.29, 1.82) is 0 Å².